The Morgan fingerprint density at radius 3 is 2.48 bits per heavy atom. The number of anilines is 1. The highest BCUT2D eigenvalue weighted by Gasteiger charge is 2.44. The molecule has 1 N–H and O–H groups in total. The number of aliphatic hydroxyl groups is 1. The first kappa shape index (κ1) is 18.7. The van der Waals surface area contributed by atoms with Gasteiger partial charge in [0.2, 0.25) is 0 Å². The van der Waals surface area contributed by atoms with Crippen molar-refractivity contribution in [1.82, 2.24) is 0 Å². The molecule has 0 saturated heterocycles. The number of hydrogen-bond donors (Lipinski definition) is 1. The number of aryl methyl sites for hydroxylation is 1. The highest BCUT2D eigenvalue weighted by molar-refractivity contribution is 6.16. The van der Waals surface area contributed by atoms with Gasteiger partial charge >= 0.3 is 0 Å². The summed E-state index contributed by atoms with van der Waals surface area (Å²) < 4.78 is 5.27. The van der Waals surface area contributed by atoms with Crippen molar-refractivity contribution in [2.45, 2.75) is 26.8 Å². The van der Waals surface area contributed by atoms with Crippen molar-refractivity contribution < 1.29 is 19.4 Å². The molecule has 5 heteroatoms. The van der Waals surface area contributed by atoms with Crippen LogP contribution in [0.15, 0.2) is 59.9 Å². The maximum atomic E-state index is 12.9. The predicted octanol–water partition coefficient (Wildman–Crippen LogP) is 4.13. The van der Waals surface area contributed by atoms with E-state index in [1.165, 1.54) is 4.90 Å². The minimum Gasteiger partial charge on any atom is -0.503 e. The lowest BCUT2D eigenvalue weighted by Crippen LogP contribution is -2.31. The van der Waals surface area contributed by atoms with Gasteiger partial charge in [0, 0.05) is 17.7 Å². The molecule has 0 spiro atoms. The standard InChI is InChI=1S/C22H23NO4/c1-13(2)20(24)18-19(15-8-5-7-14(3)11-15)23(22(26)21(18)25)16-9-6-10-17(12-16)27-4/h5-13,19,25H,1-4H3. The average Bonchev–Trinajstić information content (AvgIpc) is 2.92. The van der Waals surface area contributed by atoms with Crippen LogP contribution in [0, 0.1) is 12.8 Å². The molecule has 1 heterocycles. The fraction of sp³-hybridized carbons (Fsp3) is 0.273. The van der Waals surface area contributed by atoms with Crippen LogP contribution in [0.3, 0.4) is 0 Å². The summed E-state index contributed by atoms with van der Waals surface area (Å²) in [6, 6.07) is 14.0. The summed E-state index contributed by atoms with van der Waals surface area (Å²) in [6.07, 6.45) is 0. The van der Waals surface area contributed by atoms with Gasteiger partial charge in [0.25, 0.3) is 5.91 Å². The fourth-order valence-electron chi connectivity index (χ4n) is 3.35. The molecule has 1 aliphatic heterocycles. The van der Waals surface area contributed by atoms with Crippen LogP contribution in [-0.4, -0.2) is 23.9 Å². The molecule has 1 unspecified atom stereocenters. The molecule has 0 bridgehead atoms. The van der Waals surface area contributed by atoms with E-state index in [9.17, 15) is 14.7 Å². The van der Waals surface area contributed by atoms with E-state index in [4.69, 9.17) is 4.74 Å². The third-order valence-corrected chi connectivity index (χ3v) is 4.69. The van der Waals surface area contributed by atoms with E-state index in [1.807, 2.05) is 31.2 Å². The molecule has 1 atom stereocenters. The van der Waals surface area contributed by atoms with Gasteiger partial charge in [0.05, 0.1) is 18.7 Å². The van der Waals surface area contributed by atoms with Gasteiger partial charge in [-0.1, -0.05) is 49.7 Å². The Kier molecular flexibility index (Phi) is 5.04. The van der Waals surface area contributed by atoms with Crippen LogP contribution in [0.2, 0.25) is 0 Å². The molecule has 0 radical (unpaired) electrons. The quantitative estimate of drug-likeness (QED) is 0.865. The van der Waals surface area contributed by atoms with E-state index in [2.05, 4.69) is 0 Å². The number of benzene rings is 2. The molecule has 0 aliphatic carbocycles. The summed E-state index contributed by atoms with van der Waals surface area (Å²) in [7, 11) is 1.55. The molecular weight excluding hydrogens is 342 g/mol. The molecule has 5 nitrogen and oxygen atoms in total. The number of ether oxygens (including phenoxy) is 1. The largest absolute Gasteiger partial charge is 0.503 e. The van der Waals surface area contributed by atoms with Gasteiger partial charge in [-0.3, -0.25) is 14.5 Å². The Morgan fingerprint density at radius 1 is 1.15 bits per heavy atom. The van der Waals surface area contributed by atoms with Crippen LogP contribution in [-0.2, 0) is 9.59 Å². The smallest absolute Gasteiger partial charge is 0.294 e. The van der Waals surface area contributed by atoms with Gasteiger partial charge in [-0.2, -0.15) is 0 Å². The summed E-state index contributed by atoms with van der Waals surface area (Å²) >= 11 is 0. The van der Waals surface area contributed by atoms with Crippen molar-refractivity contribution in [1.29, 1.82) is 0 Å². The summed E-state index contributed by atoms with van der Waals surface area (Å²) in [5.41, 5.74) is 2.49. The topological polar surface area (TPSA) is 66.8 Å². The SMILES string of the molecule is COc1cccc(N2C(=O)C(O)=C(C(=O)C(C)C)C2c2cccc(C)c2)c1. The predicted molar refractivity (Wildman–Crippen MR) is 104 cm³/mol. The van der Waals surface area contributed by atoms with E-state index < -0.39 is 17.7 Å². The van der Waals surface area contributed by atoms with E-state index in [1.54, 1.807) is 45.2 Å². The van der Waals surface area contributed by atoms with Crippen LogP contribution in [0.25, 0.3) is 0 Å². The Labute approximate surface area is 158 Å². The first-order valence-electron chi connectivity index (χ1n) is 8.86. The second-order valence-electron chi connectivity index (χ2n) is 6.97. The second kappa shape index (κ2) is 7.27. The van der Waals surface area contributed by atoms with Gasteiger partial charge < -0.3 is 9.84 Å². The van der Waals surface area contributed by atoms with Crippen molar-refractivity contribution >= 4 is 17.4 Å². The maximum Gasteiger partial charge on any atom is 0.294 e. The van der Waals surface area contributed by atoms with Crippen molar-refractivity contribution in [3.8, 4) is 5.75 Å². The van der Waals surface area contributed by atoms with E-state index in [0.717, 1.165) is 11.1 Å². The number of carbonyl (C=O) groups excluding carboxylic acids is 2. The van der Waals surface area contributed by atoms with Gasteiger partial charge in [-0.25, -0.2) is 0 Å². The zero-order chi connectivity index (χ0) is 19.7. The van der Waals surface area contributed by atoms with Crippen molar-refractivity contribution in [2.75, 3.05) is 12.0 Å². The van der Waals surface area contributed by atoms with Crippen molar-refractivity contribution in [3.05, 3.63) is 71.0 Å². The molecule has 3 rings (SSSR count). The normalized spacial score (nSPS) is 17.0. The van der Waals surface area contributed by atoms with Crippen LogP contribution in [0.4, 0.5) is 5.69 Å². The number of rotatable bonds is 5. The number of ketones is 1. The van der Waals surface area contributed by atoms with E-state index in [-0.39, 0.29) is 17.3 Å². The lowest BCUT2D eigenvalue weighted by Gasteiger charge is -2.27. The minimum absolute atomic E-state index is 0.142. The number of Topliss-reactive ketones (excluding diaryl/α,β-unsaturated/α-hetero) is 1. The molecule has 0 aromatic heterocycles. The molecule has 27 heavy (non-hydrogen) atoms. The van der Waals surface area contributed by atoms with Gasteiger partial charge in [0.1, 0.15) is 5.75 Å². The number of carbonyl (C=O) groups is 2. The summed E-state index contributed by atoms with van der Waals surface area (Å²) in [5, 5.41) is 10.6. The zero-order valence-corrected chi connectivity index (χ0v) is 15.9. The first-order chi connectivity index (χ1) is 12.8. The lowest BCUT2D eigenvalue weighted by molar-refractivity contribution is -0.119. The molecule has 140 valence electrons. The summed E-state index contributed by atoms with van der Waals surface area (Å²) in [4.78, 5) is 27.2. The molecular formula is C22H23NO4. The molecule has 1 amide bonds. The van der Waals surface area contributed by atoms with Gasteiger partial charge in [-0.05, 0) is 24.6 Å². The zero-order valence-electron chi connectivity index (χ0n) is 15.9. The van der Waals surface area contributed by atoms with Crippen LogP contribution in [0.5, 0.6) is 5.75 Å². The van der Waals surface area contributed by atoms with Gasteiger partial charge in [0.15, 0.2) is 11.5 Å². The monoisotopic (exact) mass is 365 g/mol. The maximum absolute atomic E-state index is 12.9. The van der Waals surface area contributed by atoms with Crippen LogP contribution >= 0.6 is 0 Å². The molecule has 0 fully saturated rings. The summed E-state index contributed by atoms with van der Waals surface area (Å²) in [6.45, 7) is 5.47. The fourth-order valence-corrected chi connectivity index (χ4v) is 3.35. The Hall–Kier alpha value is -3.08. The third-order valence-electron chi connectivity index (χ3n) is 4.69. The third kappa shape index (κ3) is 3.33. The molecule has 0 saturated carbocycles. The lowest BCUT2D eigenvalue weighted by atomic mass is 9.90. The Bertz CT molecular complexity index is 929. The Morgan fingerprint density at radius 2 is 1.85 bits per heavy atom. The summed E-state index contributed by atoms with van der Waals surface area (Å²) in [5.74, 6) is -1.06. The number of hydrogen-bond acceptors (Lipinski definition) is 4. The number of aliphatic hydroxyl groups excluding tert-OH is 1. The first-order valence-corrected chi connectivity index (χ1v) is 8.86. The number of methoxy groups -OCH3 is 1. The second-order valence-corrected chi connectivity index (χ2v) is 6.97. The molecule has 2 aromatic carbocycles. The van der Waals surface area contributed by atoms with Crippen molar-refractivity contribution in [3.63, 3.8) is 0 Å². The average molecular weight is 365 g/mol. The van der Waals surface area contributed by atoms with E-state index in [0.29, 0.717) is 11.4 Å². The molecule has 2 aromatic rings. The number of amides is 1. The Balaban J connectivity index is 2.20. The highest BCUT2D eigenvalue weighted by Crippen LogP contribution is 2.42. The van der Waals surface area contributed by atoms with Gasteiger partial charge in [-0.15, -0.1) is 0 Å². The minimum atomic E-state index is -0.681. The molecule has 1 aliphatic rings. The van der Waals surface area contributed by atoms with Crippen molar-refractivity contribution in [2.24, 2.45) is 5.92 Å². The van der Waals surface area contributed by atoms with Crippen LogP contribution in [0.1, 0.15) is 31.0 Å². The van der Waals surface area contributed by atoms with E-state index >= 15 is 0 Å². The van der Waals surface area contributed by atoms with Crippen LogP contribution < -0.4 is 9.64 Å². The number of nitrogens with zero attached hydrogens (tertiary/aromatic N) is 1. The highest BCUT2D eigenvalue weighted by atomic mass is 16.5.